The van der Waals surface area contributed by atoms with Gasteiger partial charge in [0, 0.05) is 0 Å². The average molecular weight is 292 g/mol. The Morgan fingerprint density at radius 1 is 1.10 bits per heavy atom. The van der Waals surface area contributed by atoms with E-state index in [-0.39, 0.29) is 18.4 Å². The highest BCUT2D eigenvalue weighted by Crippen LogP contribution is 2.14. The third kappa shape index (κ3) is 5.25. The van der Waals surface area contributed by atoms with Gasteiger partial charge in [-0.1, -0.05) is 30.3 Å². The first-order valence-corrected chi connectivity index (χ1v) is 6.65. The van der Waals surface area contributed by atoms with Crippen molar-refractivity contribution in [3.63, 3.8) is 0 Å². The lowest BCUT2D eigenvalue weighted by Gasteiger charge is -2.17. The molecule has 0 unspecified atom stereocenters. The largest absolute Gasteiger partial charge is 0.468 e. The molecule has 0 saturated carbocycles. The van der Waals surface area contributed by atoms with Crippen molar-refractivity contribution in [3.05, 3.63) is 35.9 Å². The normalized spacial score (nSPS) is 12.9. The quantitative estimate of drug-likeness (QED) is 0.751. The van der Waals surface area contributed by atoms with E-state index in [1.54, 1.807) is 13.8 Å². The Morgan fingerprint density at radius 3 is 2.29 bits per heavy atom. The molecule has 114 valence electrons. The summed E-state index contributed by atoms with van der Waals surface area (Å²) in [6.07, 6.45) is 0. The summed E-state index contributed by atoms with van der Waals surface area (Å²) in [5.41, 5.74) is 0.872. The maximum atomic E-state index is 12.1. The van der Waals surface area contributed by atoms with Gasteiger partial charge >= 0.3 is 5.97 Å². The summed E-state index contributed by atoms with van der Waals surface area (Å²) in [6.45, 7) is 3.11. The van der Waals surface area contributed by atoms with Crippen LogP contribution in [0.25, 0.3) is 0 Å². The topological polar surface area (TPSA) is 84.5 Å². The summed E-state index contributed by atoms with van der Waals surface area (Å²) in [5, 5.41) is 5.01. The third-order valence-corrected chi connectivity index (χ3v) is 3.08. The number of esters is 1. The van der Waals surface area contributed by atoms with Crippen molar-refractivity contribution in [3.8, 4) is 0 Å². The summed E-state index contributed by atoms with van der Waals surface area (Å²) in [7, 11) is 1.24. The molecule has 0 aliphatic heterocycles. The summed E-state index contributed by atoms with van der Waals surface area (Å²) < 4.78 is 4.42. The molecule has 6 heteroatoms. The van der Waals surface area contributed by atoms with Crippen LogP contribution < -0.4 is 10.6 Å². The second-order valence-electron chi connectivity index (χ2n) is 4.66. The maximum Gasteiger partial charge on any atom is 0.325 e. The molecule has 0 fully saturated rings. The summed E-state index contributed by atoms with van der Waals surface area (Å²) in [5.74, 6) is -1.59. The smallest absolute Gasteiger partial charge is 0.325 e. The minimum absolute atomic E-state index is 0.218. The second kappa shape index (κ2) is 8.04. The van der Waals surface area contributed by atoms with Crippen LogP contribution in [-0.2, 0) is 19.1 Å². The van der Waals surface area contributed by atoms with Crippen LogP contribution in [-0.4, -0.2) is 37.5 Å². The van der Waals surface area contributed by atoms with Crippen molar-refractivity contribution in [2.24, 2.45) is 0 Å². The first-order chi connectivity index (χ1) is 9.95. The van der Waals surface area contributed by atoms with Gasteiger partial charge in [0.05, 0.1) is 13.0 Å². The first-order valence-electron chi connectivity index (χ1n) is 6.65. The van der Waals surface area contributed by atoms with E-state index in [0.29, 0.717) is 0 Å². The van der Waals surface area contributed by atoms with E-state index < -0.39 is 17.9 Å². The fourth-order valence-corrected chi connectivity index (χ4v) is 1.68. The Kier molecular flexibility index (Phi) is 6.39. The van der Waals surface area contributed by atoms with Gasteiger partial charge in [-0.05, 0) is 19.4 Å². The van der Waals surface area contributed by atoms with Crippen LogP contribution in [0.1, 0.15) is 25.3 Å². The standard InChI is InChI=1S/C15H20N2O4/c1-10(12-7-5-4-6-8-12)14(19)17-11(2)15(20)16-9-13(18)21-3/h4-8,10-11H,9H2,1-3H3,(H,16,20)(H,17,19)/t10-,11+/m1/s1. The number of rotatable bonds is 6. The zero-order chi connectivity index (χ0) is 15.8. The Morgan fingerprint density at radius 2 is 1.71 bits per heavy atom. The summed E-state index contributed by atoms with van der Waals surface area (Å²) in [4.78, 5) is 34.7. The molecule has 0 aliphatic carbocycles. The number of hydrogen-bond acceptors (Lipinski definition) is 4. The number of nitrogens with one attached hydrogen (secondary N) is 2. The molecular formula is C15H20N2O4. The molecule has 0 spiro atoms. The molecule has 0 saturated heterocycles. The zero-order valence-electron chi connectivity index (χ0n) is 12.4. The van der Waals surface area contributed by atoms with Crippen LogP contribution in [0.15, 0.2) is 30.3 Å². The van der Waals surface area contributed by atoms with E-state index in [9.17, 15) is 14.4 Å². The molecule has 21 heavy (non-hydrogen) atoms. The fourth-order valence-electron chi connectivity index (χ4n) is 1.68. The molecular weight excluding hydrogens is 272 g/mol. The number of hydrogen-bond donors (Lipinski definition) is 2. The molecule has 0 bridgehead atoms. The predicted octanol–water partition coefficient (Wildman–Crippen LogP) is 0.584. The zero-order valence-corrected chi connectivity index (χ0v) is 12.4. The van der Waals surface area contributed by atoms with Gasteiger partial charge in [0.2, 0.25) is 11.8 Å². The number of benzene rings is 1. The highest BCUT2D eigenvalue weighted by molar-refractivity contribution is 5.91. The van der Waals surface area contributed by atoms with Gasteiger partial charge in [-0.3, -0.25) is 14.4 Å². The number of amides is 2. The molecule has 1 aromatic carbocycles. The second-order valence-corrected chi connectivity index (χ2v) is 4.66. The SMILES string of the molecule is COC(=O)CNC(=O)[C@H](C)NC(=O)[C@H](C)c1ccccc1. The van der Waals surface area contributed by atoms with Gasteiger partial charge in [0.1, 0.15) is 12.6 Å². The molecule has 2 amide bonds. The predicted molar refractivity (Wildman–Crippen MR) is 77.5 cm³/mol. The molecule has 0 aliphatic rings. The molecule has 0 radical (unpaired) electrons. The molecule has 0 aromatic heterocycles. The lowest BCUT2D eigenvalue weighted by molar-refractivity contribution is -0.141. The van der Waals surface area contributed by atoms with Crippen LogP contribution in [0.5, 0.6) is 0 Å². The summed E-state index contributed by atoms with van der Waals surface area (Å²) in [6, 6.07) is 8.56. The van der Waals surface area contributed by atoms with Crippen LogP contribution in [0, 0.1) is 0 Å². The van der Waals surface area contributed by atoms with Crippen molar-refractivity contribution in [2.45, 2.75) is 25.8 Å². The number of carbonyl (C=O) groups excluding carboxylic acids is 3. The van der Waals surface area contributed by atoms with Crippen LogP contribution in [0.3, 0.4) is 0 Å². The minimum Gasteiger partial charge on any atom is -0.468 e. The van der Waals surface area contributed by atoms with Crippen molar-refractivity contribution in [2.75, 3.05) is 13.7 Å². The minimum atomic E-state index is -0.728. The molecule has 1 aromatic rings. The Bertz CT molecular complexity index is 502. The van der Waals surface area contributed by atoms with Gasteiger partial charge in [0.15, 0.2) is 0 Å². The number of ether oxygens (including phenoxy) is 1. The number of methoxy groups -OCH3 is 1. The highest BCUT2D eigenvalue weighted by Gasteiger charge is 2.20. The fraction of sp³-hybridized carbons (Fsp3) is 0.400. The average Bonchev–Trinajstić information content (AvgIpc) is 2.51. The highest BCUT2D eigenvalue weighted by atomic mass is 16.5. The molecule has 0 heterocycles. The monoisotopic (exact) mass is 292 g/mol. The third-order valence-electron chi connectivity index (χ3n) is 3.08. The Labute approximate surface area is 123 Å². The molecule has 2 atom stereocenters. The lowest BCUT2D eigenvalue weighted by atomic mass is 10.0. The Balaban J connectivity index is 2.50. The van der Waals surface area contributed by atoms with Gasteiger partial charge in [0.25, 0.3) is 0 Å². The molecule has 1 rings (SSSR count). The van der Waals surface area contributed by atoms with Crippen molar-refractivity contribution < 1.29 is 19.1 Å². The van der Waals surface area contributed by atoms with Gasteiger partial charge in [-0.15, -0.1) is 0 Å². The lowest BCUT2D eigenvalue weighted by Crippen LogP contribution is -2.47. The van der Waals surface area contributed by atoms with Gasteiger partial charge in [-0.2, -0.15) is 0 Å². The van der Waals surface area contributed by atoms with Crippen LogP contribution in [0.2, 0.25) is 0 Å². The van der Waals surface area contributed by atoms with E-state index in [4.69, 9.17) is 0 Å². The van der Waals surface area contributed by atoms with Crippen LogP contribution in [0.4, 0.5) is 0 Å². The van der Waals surface area contributed by atoms with E-state index >= 15 is 0 Å². The van der Waals surface area contributed by atoms with E-state index in [1.807, 2.05) is 30.3 Å². The Hall–Kier alpha value is -2.37. The van der Waals surface area contributed by atoms with Gasteiger partial charge < -0.3 is 15.4 Å². The number of carbonyl (C=O) groups is 3. The maximum absolute atomic E-state index is 12.1. The van der Waals surface area contributed by atoms with Gasteiger partial charge in [-0.25, -0.2) is 0 Å². The van der Waals surface area contributed by atoms with Crippen molar-refractivity contribution in [1.29, 1.82) is 0 Å². The van der Waals surface area contributed by atoms with Crippen molar-refractivity contribution in [1.82, 2.24) is 10.6 Å². The first kappa shape index (κ1) is 16.7. The van der Waals surface area contributed by atoms with Crippen LogP contribution >= 0.6 is 0 Å². The van der Waals surface area contributed by atoms with E-state index in [0.717, 1.165) is 5.56 Å². The summed E-state index contributed by atoms with van der Waals surface area (Å²) >= 11 is 0. The van der Waals surface area contributed by atoms with E-state index in [1.165, 1.54) is 7.11 Å². The van der Waals surface area contributed by atoms with Crippen molar-refractivity contribution >= 4 is 17.8 Å². The van der Waals surface area contributed by atoms with E-state index in [2.05, 4.69) is 15.4 Å². The molecule has 2 N–H and O–H groups in total. The molecule has 6 nitrogen and oxygen atoms in total.